The Labute approximate surface area is 153 Å². The Bertz CT molecular complexity index is 1250. The maximum atomic E-state index is 6.29. The van der Waals surface area contributed by atoms with Crippen LogP contribution >= 0.6 is 0 Å². The Morgan fingerprint density at radius 2 is 1.23 bits per heavy atom. The molecule has 128 valence electrons. The number of hydrogen-bond acceptors (Lipinski definition) is 1. The zero-order valence-corrected chi connectivity index (χ0v) is 15.3. The number of hydrogen-bond donors (Lipinski definition) is 1. The first-order valence-electron chi connectivity index (χ1n) is 9.58. The average Bonchev–Trinajstić information content (AvgIpc) is 2.67. The molecule has 0 saturated heterocycles. The molecule has 5 aromatic rings. The van der Waals surface area contributed by atoms with Crippen molar-refractivity contribution in [2.75, 3.05) is 5.73 Å². The molecule has 0 aliphatic carbocycles. The molecule has 1 nitrogen and oxygen atoms in total. The van der Waals surface area contributed by atoms with Crippen molar-refractivity contribution in [1.82, 2.24) is 0 Å². The number of fused-ring (bicyclic) bond motifs is 2. The van der Waals surface area contributed by atoms with Crippen molar-refractivity contribution in [3.63, 3.8) is 0 Å². The van der Waals surface area contributed by atoms with Gasteiger partial charge in [0.2, 0.25) is 0 Å². The van der Waals surface area contributed by atoms with Gasteiger partial charge in [-0.2, -0.15) is 0 Å². The lowest BCUT2D eigenvalue weighted by Gasteiger charge is -2.19. The van der Waals surface area contributed by atoms with Crippen LogP contribution in [0.15, 0.2) is 60.7 Å². The molecular formula is C25H23N. The normalized spacial score (nSPS) is 13.3. The second kappa shape index (κ2) is 5.60. The third-order valence-electron chi connectivity index (χ3n) is 5.98. The highest BCUT2D eigenvalue weighted by Gasteiger charge is 2.16. The smallest absolute Gasteiger partial charge is 0.0394 e. The maximum absolute atomic E-state index is 6.29. The summed E-state index contributed by atoms with van der Waals surface area (Å²) in [5.74, 6) is 0.577. The summed E-state index contributed by atoms with van der Waals surface area (Å²) in [6, 6.07) is 22.2. The van der Waals surface area contributed by atoms with Gasteiger partial charge in [-0.05, 0) is 61.7 Å². The Morgan fingerprint density at radius 3 is 1.92 bits per heavy atom. The topological polar surface area (TPSA) is 26.0 Å². The average molecular weight is 337 g/mol. The fourth-order valence-corrected chi connectivity index (χ4v) is 4.77. The van der Waals surface area contributed by atoms with Gasteiger partial charge in [-0.25, -0.2) is 0 Å². The summed E-state index contributed by atoms with van der Waals surface area (Å²) < 4.78 is 0. The number of anilines is 1. The predicted octanol–water partition coefficient (Wildman–Crippen LogP) is 7.22. The standard InChI is InChI=1S/C25H23N/c1-3-6-15(2)16-11-12-20-19-9-5-10-22-23(26)14-13-21(25(19)22)18-8-4-7-17(16)24(18)20/h4-5,7-15H,3,6,26H2,1-2H3. The van der Waals surface area contributed by atoms with Gasteiger partial charge >= 0.3 is 0 Å². The minimum atomic E-state index is 0.577. The molecule has 0 aliphatic rings. The van der Waals surface area contributed by atoms with Crippen LogP contribution in [0.25, 0.3) is 43.1 Å². The summed E-state index contributed by atoms with van der Waals surface area (Å²) in [5.41, 5.74) is 8.61. The fraction of sp³-hybridized carbons (Fsp3) is 0.200. The van der Waals surface area contributed by atoms with Gasteiger partial charge in [-0.1, -0.05) is 74.9 Å². The molecule has 0 aliphatic heterocycles. The van der Waals surface area contributed by atoms with Gasteiger partial charge in [-0.15, -0.1) is 0 Å². The number of nitrogen functional groups attached to an aromatic ring is 1. The molecule has 1 heteroatoms. The van der Waals surface area contributed by atoms with Gasteiger partial charge in [0.15, 0.2) is 0 Å². The van der Waals surface area contributed by atoms with Gasteiger partial charge in [0.1, 0.15) is 0 Å². The molecule has 0 bridgehead atoms. The minimum absolute atomic E-state index is 0.577. The Hall–Kier alpha value is -2.80. The highest BCUT2D eigenvalue weighted by Crippen LogP contribution is 2.43. The van der Waals surface area contributed by atoms with Crippen molar-refractivity contribution in [1.29, 1.82) is 0 Å². The molecule has 5 aromatic carbocycles. The summed E-state index contributed by atoms with van der Waals surface area (Å²) in [4.78, 5) is 0. The summed E-state index contributed by atoms with van der Waals surface area (Å²) in [6.45, 7) is 4.62. The highest BCUT2D eigenvalue weighted by atomic mass is 14.5. The van der Waals surface area contributed by atoms with Crippen molar-refractivity contribution in [2.45, 2.75) is 32.6 Å². The molecular weight excluding hydrogens is 314 g/mol. The lowest BCUT2D eigenvalue weighted by molar-refractivity contribution is 0.669. The first-order chi connectivity index (χ1) is 12.7. The molecule has 0 heterocycles. The summed E-state index contributed by atoms with van der Waals surface area (Å²) in [5, 5.41) is 10.6. The first kappa shape index (κ1) is 15.5. The Balaban J connectivity index is 2.03. The van der Waals surface area contributed by atoms with E-state index >= 15 is 0 Å². The zero-order chi connectivity index (χ0) is 17.8. The number of benzene rings is 5. The van der Waals surface area contributed by atoms with Gasteiger partial charge in [0.05, 0.1) is 0 Å². The molecule has 0 spiro atoms. The molecule has 0 radical (unpaired) electrons. The van der Waals surface area contributed by atoms with Crippen molar-refractivity contribution in [2.24, 2.45) is 0 Å². The summed E-state index contributed by atoms with van der Waals surface area (Å²) in [6.07, 6.45) is 2.44. The van der Waals surface area contributed by atoms with Crippen LogP contribution < -0.4 is 5.73 Å². The molecule has 1 atom stereocenters. The van der Waals surface area contributed by atoms with Crippen LogP contribution in [0, 0.1) is 0 Å². The van der Waals surface area contributed by atoms with Crippen LogP contribution in [0.5, 0.6) is 0 Å². The van der Waals surface area contributed by atoms with Crippen LogP contribution in [0.2, 0.25) is 0 Å². The largest absolute Gasteiger partial charge is 0.398 e. The number of nitrogens with two attached hydrogens (primary N) is 1. The second-order valence-corrected chi connectivity index (χ2v) is 7.55. The van der Waals surface area contributed by atoms with Crippen LogP contribution in [0.1, 0.15) is 38.2 Å². The second-order valence-electron chi connectivity index (χ2n) is 7.55. The quantitative estimate of drug-likeness (QED) is 0.210. The lowest BCUT2D eigenvalue weighted by atomic mass is 9.85. The van der Waals surface area contributed by atoms with Crippen LogP contribution in [0.4, 0.5) is 5.69 Å². The fourth-order valence-electron chi connectivity index (χ4n) is 4.77. The highest BCUT2D eigenvalue weighted by molar-refractivity contribution is 6.34. The van der Waals surface area contributed by atoms with Gasteiger partial charge in [-0.3, -0.25) is 0 Å². The molecule has 5 rings (SSSR count). The molecule has 26 heavy (non-hydrogen) atoms. The first-order valence-corrected chi connectivity index (χ1v) is 9.58. The third-order valence-corrected chi connectivity index (χ3v) is 5.98. The van der Waals surface area contributed by atoms with Crippen molar-refractivity contribution in [3.8, 4) is 0 Å². The molecule has 0 aromatic heterocycles. The molecule has 2 N–H and O–H groups in total. The van der Waals surface area contributed by atoms with Gasteiger partial charge in [0.25, 0.3) is 0 Å². The maximum Gasteiger partial charge on any atom is 0.0394 e. The third kappa shape index (κ3) is 1.97. The predicted molar refractivity (Wildman–Crippen MR) is 115 cm³/mol. The van der Waals surface area contributed by atoms with E-state index in [1.165, 1.54) is 56.1 Å². The summed E-state index contributed by atoms with van der Waals surface area (Å²) in [7, 11) is 0. The van der Waals surface area contributed by atoms with E-state index in [2.05, 4.69) is 74.5 Å². The van der Waals surface area contributed by atoms with Crippen molar-refractivity contribution >= 4 is 48.8 Å². The SMILES string of the molecule is CCCC(C)c1ccc2c3cccc4c(N)ccc(c5cccc1c52)c43. The van der Waals surface area contributed by atoms with Crippen molar-refractivity contribution in [3.05, 3.63) is 66.2 Å². The minimum Gasteiger partial charge on any atom is -0.398 e. The van der Waals surface area contributed by atoms with E-state index in [9.17, 15) is 0 Å². The molecule has 0 amide bonds. The molecule has 0 saturated carbocycles. The molecule has 0 fully saturated rings. The van der Waals surface area contributed by atoms with Gasteiger partial charge < -0.3 is 5.73 Å². The van der Waals surface area contributed by atoms with E-state index in [1.54, 1.807) is 0 Å². The van der Waals surface area contributed by atoms with E-state index in [0.717, 1.165) is 11.1 Å². The van der Waals surface area contributed by atoms with E-state index in [-0.39, 0.29) is 0 Å². The van der Waals surface area contributed by atoms with Gasteiger partial charge in [0, 0.05) is 11.1 Å². The monoisotopic (exact) mass is 337 g/mol. The van der Waals surface area contributed by atoms with E-state index in [0.29, 0.717) is 5.92 Å². The van der Waals surface area contributed by atoms with E-state index in [1.807, 2.05) is 0 Å². The molecule has 1 unspecified atom stereocenters. The van der Waals surface area contributed by atoms with Crippen LogP contribution in [-0.2, 0) is 0 Å². The Morgan fingerprint density at radius 1 is 0.692 bits per heavy atom. The van der Waals surface area contributed by atoms with E-state index in [4.69, 9.17) is 5.73 Å². The summed E-state index contributed by atoms with van der Waals surface area (Å²) >= 11 is 0. The lowest BCUT2D eigenvalue weighted by Crippen LogP contribution is -1.96. The van der Waals surface area contributed by atoms with Crippen molar-refractivity contribution < 1.29 is 0 Å². The van der Waals surface area contributed by atoms with Crippen LogP contribution in [-0.4, -0.2) is 0 Å². The van der Waals surface area contributed by atoms with Crippen LogP contribution in [0.3, 0.4) is 0 Å². The number of rotatable bonds is 3. The zero-order valence-electron chi connectivity index (χ0n) is 15.3. The van der Waals surface area contributed by atoms with E-state index < -0.39 is 0 Å². The Kier molecular flexibility index (Phi) is 3.33.